The second-order valence-corrected chi connectivity index (χ2v) is 3.42. The number of aliphatic hydroxyl groups excluding tert-OH is 1. The van der Waals surface area contributed by atoms with Crippen LogP contribution in [-0.4, -0.2) is 27.2 Å². The molecule has 15 heavy (non-hydrogen) atoms. The maximum atomic E-state index is 10.6. The van der Waals surface area contributed by atoms with Crippen LogP contribution in [0.25, 0.3) is 0 Å². The molecule has 5 heteroatoms. The molecule has 3 unspecified atom stereocenters. The van der Waals surface area contributed by atoms with Gasteiger partial charge in [-0.15, -0.1) is 0 Å². The molecule has 0 saturated heterocycles. The van der Waals surface area contributed by atoms with Gasteiger partial charge in [-0.05, 0) is 12.1 Å². The van der Waals surface area contributed by atoms with Crippen molar-refractivity contribution < 1.29 is 15.0 Å². The molecule has 0 bridgehead atoms. The number of aliphatic hydroxyl groups is 1. The predicted octanol–water partition coefficient (Wildman–Crippen LogP) is 0.163. The van der Waals surface area contributed by atoms with Crippen molar-refractivity contribution in [3.05, 3.63) is 30.1 Å². The van der Waals surface area contributed by atoms with Crippen molar-refractivity contribution in [2.45, 2.75) is 19.1 Å². The molecule has 0 amide bonds. The third kappa shape index (κ3) is 2.74. The maximum Gasteiger partial charge on any atom is 0.320 e. The van der Waals surface area contributed by atoms with Crippen LogP contribution in [0.15, 0.2) is 24.4 Å². The van der Waals surface area contributed by atoms with Crippen molar-refractivity contribution in [3.63, 3.8) is 0 Å². The van der Waals surface area contributed by atoms with Crippen LogP contribution in [0.2, 0.25) is 0 Å². The summed E-state index contributed by atoms with van der Waals surface area (Å²) in [5, 5.41) is 18.5. The maximum absolute atomic E-state index is 10.6. The number of rotatable bonds is 4. The van der Waals surface area contributed by atoms with Crippen LogP contribution < -0.4 is 5.73 Å². The van der Waals surface area contributed by atoms with Gasteiger partial charge in [-0.3, -0.25) is 9.78 Å². The number of carboxylic acids is 1. The fourth-order valence-corrected chi connectivity index (χ4v) is 1.24. The van der Waals surface area contributed by atoms with E-state index in [9.17, 15) is 9.90 Å². The van der Waals surface area contributed by atoms with Crippen molar-refractivity contribution in [2.24, 2.45) is 11.7 Å². The molecule has 0 spiro atoms. The molecule has 1 heterocycles. The number of nitrogens with zero attached hydrogens (tertiary/aromatic N) is 1. The number of hydrogen-bond acceptors (Lipinski definition) is 4. The van der Waals surface area contributed by atoms with Gasteiger partial charge in [0.25, 0.3) is 0 Å². The first-order valence-electron chi connectivity index (χ1n) is 4.61. The standard InChI is InChI=1S/C10H14N2O3/c1-6(8(11)10(14)15)9(13)7-4-2-3-5-12-7/h2-6,8-9,13H,11H2,1H3,(H,14,15). The lowest BCUT2D eigenvalue weighted by Gasteiger charge is -2.21. The van der Waals surface area contributed by atoms with E-state index in [0.717, 1.165) is 0 Å². The van der Waals surface area contributed by atoms with E-state index in [1.165, 1.54) is 6.20 Å². The lowest BCUT2D eigenvalue weighted by atomic mass is 9.94. The Morgan fingerprint density at radius 1 is 1.53 bits per heavy atom. The Balaban J connectivity index is 2.77. The zero-order valence-corrected chi connectivity index (χ0v) is 8.37. The molecule has 0 aromatic carbocycles. The van der Waals surface area contributed by atoms with Gasteiger partial charge in [-0.25, -0.2) is 0 Å². The van der Waals surface area contributed by atoms with Crippen LogP contribution in [-0.2, 0) is 4.79 Å². The smallest absolute Gasteiger partial charge is 0.320 e. The molecule has 0 aliphatic heterocycles. The average Bonchev–Trinajstić information content (AvgIpc) is 2.27. The summed E-state index contributed by atoms with van der Waals surface area (Å²) in [5.41, 5.74) is 5.84. The number of carbonyl (C=O) groups is 1. The fourth-order valence-electron chi connectivity index (χ4n) is 1.24. The summed E-state index contributed by atoms with van der Waals surface area (Å²) < 4.78 is 0. The van der Waals surface area contributed by atoms with Crippen LogP contribution in [0.3, 0.4) is 0 Å². The number of aromatic nitrogens is 1. The van der Waals surface area contributed by atoms with Gasteiger partial charge in [0.15, 0.2) is 0 Å². The highest BCUT2D eigenvalue weighted by Crippen LogP contribution is 2.21. The Kier molecular flexibility index (Phi) is 3.76. The monoisotopic (exact) mass is 210 g/mol. The largest absolute Gasteiger partial charge is 0.480 e. The number of pyridine rings is 1. The second-order valence-electron chi connectivity index (χ2n) is 3.42. The van der Waals surface area contributed by atoms with Gasteiger partial charge in [-0.2, -0.15) is 0 Å². The van der Waals surface area contributed by atoms with Gasteiger partial charge in [0, 0.05) is 12.1 Å². The zero-order valence-electron chi connectivity index (χ0n) is 8.37. The quantitative estimate of drug-likeness (QED) is 0.658. The van der Waals surface area contributed by atoms with Gasteiger partial charge in [0.2, 0.25) is 0 Å². The summed E-state index contributed by atoms with van der Waals surface area (Å²) in [6.45, 7) is 1.58. The van der Waals surface area contributed by atoms with E-state index in [1.807, 2.05) is 0 Å². The summed E-state index contributed by atoms with van der Waals surface area (Å²) in [5.74, 6) is -1.71. The molecule has 1 rings (SSSR count). The highest BCUT2D eigenvalue weighted by Gasteiger charge is 2.28. The van der Waals surface area contributed by atoms with E-state index < -0.39 is 24.0 Å². The summed E-state index contributed by atoms with van der Waals surface area (Å²) in [6.07, 6.45) is 0.578. The molecular weight excluding hydrogens is 196 g/mol. The molecule has 1 aromatic heterocycles. The van der Waals surface area contributed by atoms with Crippen molar-refractivity contribution in [2.75, 3.05) is 0 Å². The second kappa shape index (κ2) is 4.86. The van der Waals surface area contributed by atoms with E-state index in [0.29, 0.717) is 5.69 Å². The molecule has 3 atom stereocenters. The molecule has 5 nitrogen and oxygen atoms in total. The van der Waals surface area contributed by atoms with E-state index in [1.54, 1.807) is 25.1 Å². The molecule has 4 N–H and O–H groups in total. The van der Waals surface area contributed by atoms with Gasteiger partial charge in [0.05, 0.1) is 5.69 Å². The number of hydrogen-bond donors (Lipinski definition) is 3. The average molecular weight is 210 g/mol. The molecule has 0 aliphatic rings. The van der Waals surface area contributed by atoms with E-state index in [2.05, 4.69) is 4.98 Å². The van der Waals surface area contributed by atoms with Gasteiger partial charge < -0.3 is 15.9 Å². The molecular formula is C10H14N2O3. The zero-order chi connectivity index (χ0) is 11.4. The minimum atomic E-state index is -1.13. The lowest BCUT2D eigenvalue weighted by molar-refractivity contribution is -0.141. The summed E-state index contributed by atoms with van der Waals surface area (Å²) in [6, 6.07) is 3.99. The Morgan fingerprint density at radius 2 is 2.20 bits per heavy atom. The molecule has 0 saturated carbocycles. The first kappa shape index (κ1) is 11.6. The Labute approximate surface area is 87.6 Å². The van der Waals surface area contributed by atoms with Crippen LogP contribution in [0.4, 0.5) is 0 Å². The van der Waals surface area contributed by atoms with Crippen molar-refractivity contribution >= 4 is 5.97 Å². The first-order chi connectivity index (χ1) is 7.04. The molecule has 82 valence electrons. The van der Waals surface area contributed by atoms with Crippen molar-refractivity contribution in [1.29, 1.82) is 0 Å². The Morgan fingerprint density at radius 3 is 2.67 bits per heavy atom. The van der Waals surface area contributed by atoms with Crippen LogP contribution in [0.5, 0.6) is 0 Å². The summed E-state index contributed by atoms with van der Waals surface area (Å²) in [4.78, 5) is 14.6. The molecule has 1 aromatic rings. The lowest BCUT2D eigenvalue weighted by Crippen LogP contribution is -2.39. The van der Waals surface area contributed by atoms with Crippen LogP contribution >= 0.6 is 0 Å². The van der Waals surface area contributed by atoms with Crippen LogP contribution in [0.1, 0.15) is 18.7 Å². The third-order valence-electron chi connectivity index (χ3n) is 2.34. The van der Waals surface area contributed by atoms with Gasteiger partial charge >= 0.3 is 5.97 Å². The molecule has 0 aliphatic carbocycles. The minimum absolute atomic E-state index is 0.432. The first-order valence-corrected chi connectivity index (χ1v) is 4.61. The highest BCUT2D eigenvalue weighted by atomic mass is 16.4. The SMILES string of the molecule is CC(C(N)C(=O)O)C(O)c1ccccn1. The fraction of sp³-hybridized carbons (Fsp3) is 0.400. The predicted molar refractivity (Wildman–Crippen MR) is 54.0 cm³/mol. The topological polar surface area (TPSA) is 96.4 Å². The molecule has 0 fully saturated rings. The summed E-state index contributed by atoms with van der Waals surface area (Å²) >= 11 is 0. The highest BCUT2D eigenvalue weighted by molar-refractivity contribution is 5.73. The van der Waals surface area contributed by atoms with E-state index >= 15 is 0 Å². The van der Waals surface area contributed by atoms with E-state index in [4.69, 9.17) is 10.8 Å². The summed E-state index contributed by atoms with van der Waals surface area (Å²) in [7, 11) is 0. The Bertz CT molecular complexity index is 329. The minimum Gasteiger partial charge on any atom is -0.480 e. The number of aliphatic carboxylic acids is 1. The van der Waals surface area contributed by atoms with Crippen molar-refractivity contribution in [3.8, 4) is 0 Å². The van der Waals surface area contributed by atoms with Gasteiger partial charge in [0.1, 0.15) is 12.1 Å². The van der Waals surface area contributed by atoms with Gasteiger partial charge in [-0.1, -0.05) is 13.0 Å². The van der Waals surface area contributed by atoms with Crippen LogP contribution in [0, 0.1) is 5.92 Å². The molecule has 0 radical (unpaired) electrons. The van der Waals surface area contributed by atoms with Crippen molar-refractivity contribution in [1.82, 2.24) is 4.98 Å². The third-order valence-corrected chi connectivity index (χ3v) is 2.34. The number of nitrogens with two attached hydrogens (primary N) is 1. The Hall–Kier alpha value is -1.46. The normalized spacial score (nSPS) is 16.7. The number of carboxylic acid groups (broad SMARTS) is 1. The van der Waals surface area contributed by atoms with E-state index in [-0.39, 0.29) is 0 Å².